The van der Waals surface area contributed by atoms with E-state index in [-0.39, 0.29) is 17.9 Å². The van der Waals surface area contributed by atoms with Crippen LogP contribution in [0.1, 0.15) is 86.6 Å². The highest BCUT2D eigenvalue weighted by molar-refractivity contribution is 6.03. The van der Waals surface area contributed by atoms with Crippen LogP contribution in [0.4, 0.5) is 5.69 Å². The number of nitrogens with zero attached hydrogens (tertiary/aromatic N) is 3. The molecule has 8 nitrogen and oxygen atoms in total. The lowest BCUT2D eigenvalue weighted by Gasteiger charge is -2.19. The summed E-state index contributed by atoms with van der Waals surface area (Å²) in [6, 6.07) is 20.8. The summed E-state index contributed by atoms with van der Waals surface area (Å²) >= 11 is 0. The predicted octanol–water partition coefficient (Wildman–Crippen LogP) is 7.45. The van der Waals surface area contributed by atoms with E-state index >= 15 is 0 Å². The molecular weight excluding hydrogens is 636 g/mol. The number of carboxylic acid groups (broad SMARTS) is 1. The first kappa shape index (κ1) is 34.8. The summed E-state index contributed by atoms with van der Waals surface area (Å²) < 4.78 is 0. The molecule has 8 heteroatoms. The summed E-state index contributed by atoms with van der Waals surface area (Å²) in [5, 5.41) is 22.4. The molecule has 0 radical (unpaired) electrons. The van der Waals surface area contributed by atoms with Crippen LogP contribution in [0, 0.1) is 26.7 Å². The summed E-state index contributed by atoms with van der Waals surface area (Å²) in [5.74, 6) is -0.610. The number of carbonyl (C=O) groups excluding carboxylic acids is 1. The summed E-state index contributed by atoms with van der Waals surface area (Å²) in [6.45, 7) is 10.9. The van der Waals surface area contributed by atoms with Gasteiger partial charge in [-0.2, -0.15) is 0 Å². The van der Waals surface area contributed by atoms with Crippen molar-refractivity contribution in [3.8, 4) is 11.1 Å². The molecule has 0 unspecified atom stereocenters. The molecule has 7 rings (SSSR count). The minimum atomic E-state index is -0.686. The fraction of sp³-hybridized carbons (Fsp3) is 0.372. The molecule has 2 aliphatic heterocycles. The number of nitrogens with one attached hydrogen (secondary N) is 1. The first-order valence-electron chi connectivity index (χ1n) is 18.3. The van der Waals surface area contributed by atoms with E-state index in [9.17, 15) is 19.8 Å². The molecule has 0 bridgehead atoms. The lowest BCUT2D eigenvalue weighted by molar-refractivity contribution is -0.141. The second kappa shape index (κ2) is 14.9. The van der Waals surface area contributed by atoms with Crippen molar-refractivity contribution in [3.05, 3.63) is 117 Å². The highest BCUT2D eigenvalue weighted by Gasteiger charge is 2.30. The molecule has 4 aromatic rings. The van der Waals surface area contributed by atoms with Crippen LogP contribution in [-0.4, -0.2) is 69.2 Å². The van der Waals surface area contributed by atoms with Gasteiger partial charge in [-0.3, -0.25) is 24.4 Å². The molecule has 1 amide bonds. The quantitative estimate of drug-likeness (QED) is 0.141. The Kier molecular flexibility index (Phi) is 10.2. The Morgan fingerprint density at radius 1 is 0.843 bits per heavy atom. The van der Waals surface area contributed by atoms with Crippen molar-refractivity contribution in [1.29, 1.82) is 0 Å². The molecule has 3 aromatic carbocycles. The molecule has 51 heavy (non-hydrogen) atoms. The molecule has 1 saturated carbocycles. The second-order valence-electron chi connectivity index (χ2n) is 14.8. The van der Waals surface area contributed by atoms with Gasteiger partial charge < -0.3 is 15.5 Å². The molecule has 0 spiro atoms. The molecule has 2 saturated heterocycles. The van der Waals surface area contributed by atoms with Gasteiger partial charge in [-0.15, -0.1) is 0 Å². The Labute approximate surface area is 300 Å². The Balaban J connectivity index is 1.07. The molecule has 264 valence electrons. The SMILES string of the molecule is Cc1cc(/C=C/c2cccc(-c3cccc(NC(=O)c4ccc(CN5CC[C@@H](O)C5)cn4)c3C)c2C)c(C2CC2)cc1CN1CC[C@@H](C(=O)O)C1. The van der Waals surface area contributed by atoms with Gasteiger partial charge in [0.2, 0.25) is 0 Å². The fourth-order valence-electron chi connectivity index (χ4n) is 7.70. The number of carbonyl (C=O) groups is 2. The average molecular weight is 685 g/mol. The van der Waals surface area contributed by atoms with Crippen molar-refractivity contribution < 1.29 is 19.8 Å². The number of anilines is 1. The van der Waals surface area contributed by atoms with E-state index in [1.165, 1.54) is 40.7 Å². The highest BCUT2D eigenvalue weighted by atomic mass is 16.4. The van der Waals surface area contributed by atoms with Crippen LogP contribution in [0.5, 0.6) is 0 Å². The molecule has 3 aliphatic rings. The smallest absolute Gasteiger partial charge is 0.307 e. The third-order valence-corrected chi connectivity index (χ3v) is 11.0. The number of hydrogen-bond acceptors (Lipinski definition) is 6. The summed E-state index contributed by atoms with van der Waals surface area (Å²) in [6.07, 6.45) is 9.90. The highest BCUT2D eigenvalue weighted by Crippen LogP contribution is 2.43. The predicted molar refractivity (Wildman–Crippen MR) is 203 cm³/mol. The summed E-state index contributed by atoms with van der Waals surface area (Å²) in [5.41, 5.74) is 12.8. The first-order valence-corrected chi connectivity index (χ1v) is 18.3. The summed E-state index contributed by atoms with van der Waals surface area (Å²) in [7, 11) is 0. The van der Waals surface area contributed by atoms with Gasteiger partial charge in [0.1, 0.15) is 5.69 Å². The Morgan fingerprint density at radius 2 is 1.57 bits per heavy atom. The maximum absolute atomic E-state index is 13.3. The van der Waals surface area contributed by atoms with E-state index in [1.807, 2.05) is 25.1 Å². The number of benzene rings is 3. The Hall–Kier alpha value is -4.63. The monoisotopic (exact) mass is 684 g/mol. The number of pyridine rings is 1. The van der Waals surface area contributed by atoms with Gasteiger partial charge in [-0.1, -0.05) is 60.7 Å². The van der Waals surface area contributed by atoms with Crippen LogP contribution in [0.15, 0.2) is 66.9 Å². The third-order valence-electron chi connectivity index (χ3n) is 11.0. The van der Waals surface area contributed by atoms with Gasteiger partial charge in [0.15, 0.2) is 0 Å². The van der Waals surface area contributed by atoms with Crippen LogP contribution in [-0.2, 0) is 17.9 Å². The second-order valence-corrected chi connectivity index (χ2v) is 14.8. The largest absolute Gasteiger partial charge is 0.481 e. The van der Waals surface area contributed by atoms with Gasteiger partial charge in [-0.05, 0) is 127 Å². The zero-order valence-electron chi connectivity index (χ0n) is 29.9. The molecule has 2 atom stereocenters. The van der Waals surface area contributed by atoms with E-state index in [0.717, 1.165) is 66.0 Å². The average Bonchev–Trinajstić information content (AvgIpc) is 3.71. The fourth-order valence-corrected chi connectivity index (χ4v) is 7.70. The van der Waals surface area contributed by atoms with E-state index in [1.54, 1.807) is 12.3 Å². The van der Waals surface area contributed by atoms with E-state index in [4.69, 9.17) is 0 Å². The number of aliphatic hydroxyl groups excluding tert-OH is 1. The third kappa shape index (κ3) is 7.99. The van der Waals surface area contributed by atoms with E-state index < -0.39 is 5.97 Å². The number of aliphatic carboxylic acids is 1. The van der Waals surface area contributed by atoms with Gasteiger partial charge in [-0.25, -0.2) is 0 Å². The first-order chi connectivity index (χ1) is 24.6. The maximum atomic E-state index is 13.3. The Bertz CT molecular complexity index is 1970. The molecule has 3 N–H and O–H groups in total. The van der Waals surface area contributed by atoms with Crippen molar-refractivity contribution in [2.75, 3.05) is 31.5 Å². The van der Waals surface area contributed by atoms with Gasteiger partial charge in [0.25, 0.3) is 5.91 Å². The molecule has 1 aromatic heterocycles. The van der Waals surface area contributed by atoms with Crippen molar-refractivity contribution in [2.45, 2.75) is 71.6 Å². The standard InChI is InChI=1S/C43H48N4O4/c1-27-20-33(39(32-12-13-32)21-35(27)25-47-18-16-34(24-47)43(50)51)14-11-31-6-4-7-37(28(31)2)38-8-5-9-40(29(38)3)45-42(49)41-15-10-30(22-44-41)23-46-19-17-36(48)26-46/h4-11,14-15,20-22,32,34,36,48H,12-13,16-19,23-26H2,1-3H3,(H,45,49)(H,50,51)/b14-11+/t34-,36-/m1/s1. The number of aromatic nitrogens is 1. The van der Waals surface area contributed by atoms with Crippen LogP contribution in [0.25, 0.3) is 23.3 Å². The van der Waals surface area contributed by atoms with Crippen molar-refractivity contribution in [2.24, 2.45) is 5.92 Å². The minimum Gasteiger partial charge on any atom is -0.481 e. The lowest BCUT2D eigenvalue weighted by Crippen LogP contribution is -2.23. The number of β-amino-alcohol motifs (C(OH)–C–C–N with tert-alkyl or cyclic N) is 1. The van der Waals surface area contributed by atoms with Crippen LogP contribution < -0.4 is 5.32 Å². The van der Waals surface area contributed by atoms with Crippen LogP contribution in [0.2, 0.25) is 0 Å². The Morgan fingerprint density at radius 3 is 2.25 bits per heavy atom. The van der Waals surface area contributed by atoms with Gasteiger partial charge >= 0.3 is 5.97 Å². The normalized spacial score (nSPS) is 19.6. The number of amides is 1. The minimum absolute atomic E-state index is 0.246. The van der Waals surface area contributed by atoms with Crippen LogP contribution in [0.3, 0.4) is 0 Å². The molecule has 3 heterocycles. The number of rotatable bonds is 11. The van der Waals surface area contributed by atoms with Crippen molar-refractivity contribution in [3.63, 3.8) is 0 Å². The van der Waals surface area contributed by atoms with Crippen LogP contribution >= 0.6 is 0 Å². The number of carboxylic acids is 1. The molecule has 3 fully saturated rings. The zero-order valence-corrected chi connectivity index (χ0v) is 29.9. The van der Waals surface area contributed by atoms with Crippen molar-refractivity contribution in [1.82, 2.24) is 14.8 Å². The van der Waals surface area contributed by atoms with Crippen molar-refractivity contribution >= 4 is 29.7 Å². The summed E-state index contributed by atoms with van der Waals surface area (Å²) in [4.78, 5) is 33.7. The zero-order chi connectivity index (χ0) is 35.6. The maximum Gasteiger partial charge on any atom is 0.307 e. The molecular formula is C43H48N4O4. The number of aryl methyl sites for hydroxylation is 1. The van der Waals surface area contributed by atoms with E-state index in [0.29, 0.717) is 31.2 Å². The number of hydrogen-bond donors (Lipinski definition) is 3. The molecule has 1 aliphatic carbocycles. The van der Waals surface area contributed by atoms with Gasteiger partial charge in [0.05, 0.1) is 12.0 Å². The van der Waals surface area contributed by atoms with Gasteiger partial charge in [0, 0.05) is 44.6 Å². The lowest BCUT2D eigenvalue weighted by atomic mass is 9.91. The number of aliphatic hydroxyl groups is 1. The number of likely N-dealkylation sites (tertiary alicyclic amines) is 2. The topological polar surface area (TPSA) is 106 Å². The van der Waals surface area contributed by atoms with E-state index in [2.05, 4.69) is 82.5 Å².